The molecule has 0 aliphatic carbocycles. The fraction of sp³-hybridized carbons (Fsp3) is 1.00. The Labute approximate surface area is 57.2 Å². The molecule has 0 saturated heterocycles. The second-order valence-electron chi connectivity index (χ2n) is 1.84. The standard InChI is InChI=1S/C5H14NO2P/c1-2-3-4-5-8-9(6)7/h7H,2-6H2,1H3. The molecule has 0 aliphatic heterocycles. The molecule has 3 nitrogen and oxygen atoms in total. The highest BCUT2D eigenvalue weighted by Gasteiger charge is 1.93. The molecule has 0 bridgehead atoms. The number of hydrogen-bond acceptors (Lipinski definition) is 3. The molecule has 0 spiro atoms. The first-order chi connectivity index (χ1) is 4.27. The van der Waals surface area contributed by atoms with E-state index in [0.29, 0.717) is 6.61 Å². The fourth-order valence-corrected chi connectivity index (χ4v) is 0.826. The first kappa shape index (κ1) is 9.31. The van der Waals surface area contributed by atoms with E-state index < -0.39 is 8.53 Å². The molecule has 0 aromatic heterocycles. The Morgan fingerprint density at radius 1 is 1.56 bits per heavy atom. The van der Waals surface area contributed by atoms with E-state index >= 15 is 0 Å². The molecule has 56 valence electrons. The molecule has 0 rings (SSSR count). The van der Waals surface area contributed by atoms with Crippen LogP contribution in [0.3, 0.4) is 0 Å². The summed E-state index contributed by atoms with van der Waals surface area (Å²) >= 11 is 0. The van der Waals surface area contributed by atoms with Gasteiger partial charge in [-0.1, -0.05) is 19.8 Å². The zero-order chi connectivity index (χ0) is 7.11. The summed E-state index contributed by atoms with van der Waals surface area (Å²) in [5.41, 5.74) is 4.97. The minimum Gasteiger partial charge on any atom is -0.338 e. The van der Waals surface area contributed by atoms with Crippen LogP contribution in [-0.2, 0) is 4.52 Å². The van der Waals surface area contributed by atoms with Gasteiger partial charge in [-0.25, -0.2) is 0 Å². The molecule has 0 saturated carbocycles. The summed E-state index contributed by atoms with van der Waals surface area (Å²) in [7, 11) is -1.62. The fourth-order valence-electron chi connectivity index (χ4n) is 0.510. The van der Waals surface area contributed by atoms with Crippen LogP contribution in [0.15, 0.2) is 0 Å². The predicted octanol–water partition coefficient (Wildman–Crippen LogP) is 1.37. The lowest BCUT2D eigenvalue weighted by Crippen LogP contribution is -1.94. The van der Waals surface area contributed by atoms with Gasteiger partial charge in [-0.05, 0) is 6.42 Å². The quantitative estimate of drug-likeness (QED) is 0.461. The zero-order valence-electron chi connectivity index (χ0n) is 5.71. The average molecular weight is 151 g/mol. The van der Waals surface area contributed by atoms with E-state index in [-0.39, 0.29) is 0 Å². The van der Waals surface area contributed by atoms with Crippen molar-refractivity contribution >= 4 is 8.53 Å². The van der Waals surface area contributed by atoms with Crippen molar-refractivity contribution in [3.8, 4) is 0 Å². The van der Waals surface area contributed by atoms with Crippen molar-refractivity contribution in [2.75, 3.05) is 6.61 Å². The summed E-state index contributed by atoms with van der Waals surface area (Å²) in [6.45, 7) is 2.71. The van der Waals surface area contributed by atoms with Crippen LogP contribution in [0.4, 0.5) is 0 Å². The molecule has 0 fully saturated rings. The Bertz CT molecular complexity index is 60.9. The Hall–Kier alpha value is 0.310. The van der Waals surface area contributed by atoms with Gasteiger partial charge in [0.05, 0.1) is 6.61 Å². The molecular formula is C5H14NO2P. The van der Waals surface area contributed by atoms with Crippen molar-refractivity contribution in [3.05, 3.63) is 0 Å². The van der Waals surface area contributed by atoms with Gasteiger partial charge in [0.1, 0.15) is 0 Å². The van der Waals surface area contributed by atoms with Gasteiger partial charge in [0.25, 0.3) is 0 Å². The maximum atomic E-state index is 8.47. The summed E-state index contributed by atoms with van der Waals surface area (Å²) in [5.74, 6) is 0. The van der Waals surface area contributed by atoms with Gasteiger partial charge < -0.3 is 9.42 Å². The molecule has 1 atom stereocenters. The molecule has 0 amide bonds. The largest absolute Gasteiger partial charge is 0.338 e. The van der Waals surface area contributed by atoms with Crippen molar-refractivity contribution in [1.82, 2.24) is 0 Å². The molecule has 0 aromatic carbocycles. The van der Waals surface area contributed by atoms with E-state index in [0.717, 1.165) is 19.3 Å². The molecule has 4 heteroatoms. The molecule has 0 aliphatic rings. The van der Waals surface area contributed by atoms with E-state index in [9.17, 15) is 0 Å². The highest BCUT2D eigenvalue weighted by Crippen LogP contribution is 2.19. The van der Waals surface area contributed by atoms with Crippen LogP contribution in [0.25, 0.3) is 0 Å². The summed E-state index contributed by atoms with van der Waals surface area (Å²) in [6, 6.07) is 0. The maximum absolute atomic E-state index is 8.47. The Kier molecular flexibility index (Phi) is 6.65. The highest BCUT2D eigenvalue weighted by atomic mass is 31.2. The van der Waals surface area contributed by atoms with Crippen LogP contribution in [0.1, 0.15) is 26.2 Å². The normalized spacial score (nSPS) is 13.7. The van der Waals surface area contributed by atoms with Crippen LogP contribution in [0.5, 0.6) is 0 Å². The molecule has 0 aromatic rings. The van der Waals surface area contributed by atoms with Crippen molar-refractivity contribution < 1.29 is 9.42 Å². The molecule has 3 N–H and O–H groups in total. The summed E-state index contributed by atoms with van der Waals surface area (Å²) in [6.07, 6.45) is 3.30. The Morgan fingerprint density at radius 2 is 2.22 bits per heavy atom. The van der Waals surface area contributed by atoms with E-state index in [1.807, 2.05) is 0 Å². The SMILES string of the molecule is CCCCCOP(N)O. The zero-order valence-corrected chi connectivity index (χ0v) is 6.60. The van der Waals surface area contributed by atoms with Gasteiger partial charge in [0.15, 0.2) is 0 Å². The summed E-state index contributed by atoms with van der Waals surface area (Å²) in [5, 5.41) is 0. The molecule has 0 heterocycles. The van der Waals surface area contributed by atoms with Crippen LogP contribution >= 0.6 is 8.53 Å². The second-order valence-corrected chi connectivity index (χ2v) is 2.71. The topological polar surface area (TPSA) is 55.5 Å². The molecule has 9 heavy (non-hydrogen) atoms. The number of hydrogen-bond donors (Lipinski definition) is 2. The van der Waals surface area contributed by atoms with Crippen molar-refractivity contribution in [2.24, 2.45) is 5.50 Å². The van der Waals surface area contributed by atoms with Crippen LogP contribution in [0, 0.1) is 0 Å². The minimum absolute atomic E-state index is 0.590. The van der Waals surface area contributed by atoms with Gasteiger partial charge in [0, 0.05) is 0 Å². The third kappa shape index (κ3) is 8.31. The van der Waals surface area contributed by atoms with E-state index in [1.54, 1.807) is 0 Å². The van der Waals surface area contributed by atoms with Gasteiger partial charge in [-0.2, -0.15) is 0 Å². The summed E-state index contributed by atoms with van der Waals surface area (Å²) < 4.78 is 4.74. The van der Waals surface area contributed by atoms with Crippen molar-refractivity contribution in [1.29, 1.82) is 0 Å². The summed E-state index contributed by atoms with van der Waals surface area (Å²) in [4.78, 5) is 8.47. The maximum Gasteiger partial charge on any atom is 0.250 e. The lowest BCUT2D eigenvalue weighted by molar-refractivity contribution is 0.300. The molecular weight excluding hydrogens is 137 g/mol. The third-order valence-corrected chi connectivity index (χ3v) is 1.42. The second kappa shape index (κ2) is 6.43. The number of unbranched alkanes of at least 4 members (excludes halogenated alkanes) is 2. The van der Waals surface area contributed by atoms with Crippen LogP contribution in [-0.4, -0.2) is 11.5 Å². The van der Waals surface area contributed by atoms with Crippen LogP contribution < -0.4 is 5.50 Å². The predicted molar refractivity (Wildman–Crippen MR) is 38.8 cm³/mol. The first-order valence-corrected chi connectivity index (χ1v) is 4.42. The Morgan fingerprint density at radius 3 is 2.67 bits per heavy atom. The van der Waals surface area contributed by atoms with Gasteiger partial charge >= 0.3 is 0 Å². The van der Waals surface area contributed by atoms with Crippen molar-refractivity contribution in [2.45, 2.75) is 26.2 Å². The average Bonchev–Trinajstić information content (AvgIpc) is 1.80. The molecule has 1 unspecified atom stereocenters. The van der Waals surface area contributed by atoms with Gasteiger partial charge in [-0.15, -0.1) is 0 Å². The number of rotatable bonds is 5. The van der Waals surface area contributed by atoms with E-state index in [4.69, 9.17) is 14.9 Å². The lowest BCUT2D eigenvalue weighted by Gasteiger charge is -2.02. The monoisotopic (exact) mass is 151 g/mol. The van der Waals surface area contributed by atoms with Gasteiger partial charge in [0.2, 0.25) is 8.53 Å². The molecule has 0 radical (unpaired) electrons. The van der Waals surface area contributed by atoms with Crippen LogP contribution in [0.2, 0.25) is 0 Å². The first-order valence-electron chi connectivity index (χ1n) is 3.14. The highest BCUT2D eigenvalue weighted by molar-refractivity contribution is 7.43. The third-order valence-electron chi connectivity index (χ3n) is 0.971. The van der Waals surface area contributed by atoms with Gasteiger partial charge in [-0.3, -0.25) is 5.50 Å². The minimum atomic E-state index is -1.62. The Balaban J connectivity index is 2.75. The smallest absolute Gasteiger partial charge is 0.250 e. The number of nitrogens with two attached hydrogens (primary N) is 1. The van der Waals surface area contributed by atoms with E-state index in [1.165, 1.54) is 0 Å². The van der Waals surface area contributed by atoms with Crippen molar-refractivity contribution in [3.63, 3.8) is 0 Å². The lowest BCUT2D eigenvalue weighted by atomic mass is 10.3. The van der Waals surface area contributed by atoms with E-state index in [2.05, 4.69) is 6.92 Å².